The van der Waals surface area contributed by atoms with Gasteiger partial charge in [-0.15, -0.1) is 6.58 Å². The quantitative estimate of drug-likeness (QED) is 0.280. The number of carbonyl (C=O) groups is 1. The predicted octanol–water partition coefficient (Wildman–Crippen LogP) is 4.83. The number of aliphatic hydroxyl groups excluding tert-OH is 2. The zero-order valence-corrected chi connectivity index (χ0v) is 22.2. The lowest BCUT2D eigenvalue weighted by Crippen LogP contribution is -2.35. The number of nitrogens with one attached hydrogen (secondary N) is 1. The highest BCUT2D eigenvalue weighted by atomic mass is 16.5. The molecule has 3 rings (SSSR count). The van der Waals surface area contributed by atoms with Crippen LogP contribution in [0.4, 0.5) is 0 Å². The Bertz CT molecular complexity index is 1320. The van der Waals surface area contributed by atoms with E-state index in [2.05, 4.69) is 18.0 Å². The first-order chi connectivity index (χ1) is 18.3. The summed E-state index contributed by atoms with van der Waals surface area (Å²) in [4.78, 5) is 17.6. The molecule has 3 N–H and O–H groups in total. The number of amides is 1. The standard InChI is InChI=1S/C30H36N4O4/c1-5-22(27-19-34-15-8-11-26(21(4)36)29(34)33-27)9-6-7-10-25(14-16-35)32-30(37)23-12-13-28(38-20(2)3)24(17-23)18-31/h5-8,11-13,15,17,19-22,25,35-36H,1,9-10,14,16H2,2-4H3,(H,32,37)/b7-6+/t21?,22?,25-/m0/s1. The first-order valence-corrected chi connectivity index (χ1v) is 12.8. The minimum absolute atomic E-state index is 0.0187. The number of aromatic nitrogens is 2. The molecule has 0 aliphatic carbocycles. The van der Waals surface area contributed by atoms with Gasteiger partial charge < -0.3 is 24.7 Å². The highest BCUT2D eigenvalue weighted by molar-refractivity contribution is 5.95. The van der Waals surface area contributed by atoms with Gasteiger partial charge >= 0.3 is 0 Å². The minimum atomic E-state index is -0.618. The van der Waals surface area contributed by atoms with Crippen LogP contribution >= 0.6 is 0 Å². The van der Waals surface area contributed by atoms with Gasteiger partial charge in [0.15, 0.2) is 0 Å². The molecule has 200 valence electrons. The zero-order chi connectivity index (χ0) is 27.7. The maximum Gasteiger partial charge on any atom is 0.251 e. The Hall–Kier alpha value is -3.93. The highest BCUT2D eigenvalue weighted by Gasteiger charge is 2.17. The number of hydrogen-bond acceptors (Lipinski definition) is 6. The second-order valence-electron chi connectivity index (χ2n) is 9.49. The normalized spacial score (nSPS) is 13.8. The van der Waals surface area contributed by atoms with Gasteiger partial charge in [-0.2, -0.15) is 5.26 Å². The van der Waals surface area contributed by atoms with Gasteiger partial charge in [0.05, 0.1) is 23.5 Å². The monoisotopic (exact) mass is 516 g/mol. The van der Waals surface area contributed by atoms with Gasteiger partial charge in [-0.3, -0.25) is 4.79 Å². The summed E-state index contributed by atoms with van der Waals surface area (Å²) >= 11 is 0. The van der Waals surface area contributed by atoms with Crippen LogP contribution in [0.5, 0.6) is 5.75 Å². The molecule has 0 aliphatic heterocycles. The van der Waals surface area contributed by atoms with Crippen molar-refractivity contribution in [1.29, 1.82) is 5.26 Å². The van der Waals surface area contributed by atoms with E-state index in [1.807, 2.05) is 61.0 Å². The van der Waals surface area contributed by atoms with Crippen LogP contribution in [-0.2, 0) is 0 Å². The molecule has 38 heavy (non-hydrogen) atoms. The van der Waals surface area contributed by atoms with E-state index in [4.69, 9.17) is 9.72 Å². The fourth-order valence-corrected chi connectivity index (χ4v) is 4.19. The Labute approximate surface area is 223 Å². The molecule has 0 spiro atoms. The maximum atomic E-state index is 12.9. The molecule has 8 nitrogen and oxygen atoms in total. The van der Waals surface area contributed by atoms with Crippen molar-refractivity contribution in [2.75, 3.05) is 6.61 Å². The van der Waals surface area contributed by atoms with Crippen molar-refractivity contribution in [3.63, 3.8) is 0 Å². The number of nitrogens with zero attached hydrogens (tertiary/aromatic N) is 3. The predicted molar refractivity (Wildman–Crippen MR) is 147 cm³/mol. The molecule has 8 heteroatoms. The fraction of sp³-hybridized carbons (Fsp3) is 0.367. The molecule has 0 bridgehead atoms. The van der Waals surface area contributed by atoms with Crippen LogP contribution in [0.2, 0.25) is 0 Å². The number of ether oxygens (including phenoxy) is 1. The summed E-state index contributed by atoms with van der Waals surface area (Å²) in [6.45, 7) is 9.36. The SMILES string of the molecule is C=CC(C/C=C/C[C@@H](CCO)NC(=O)c1ccc(OC(C)C)c(C#N)c1)c1cn2cccc(C(C)O)c2n1. The molecule has 0 saturated heterocycles. The fourth-order valence-electron chi connectivity index (χ4n) is 4.19. The van der Waals surface area contributed by atoms with Crippen molar-refractivity contribution in [3.8, 4) is 11.8 Å². The molecular formula is C30H36N4O4. The van der Waals surface area contributed by atoms with Gasteiger partial charge in [-0.1, -0.05) is 24.3 Å². The van der Waals surface area contributed by atoms with Crippen LogP contribution in [0.1, 0.15) is 79.2 Å². The van der Waals surface area contributed by atoms with E-state index in [0.717, 1.165) is 16.9 Å². The number of allylic oxidation sites excluding steroid dienone is 2. The zero-order valence-electron chi connectivity index (χ0n) is 22.2. The molecule has 0 radical (unpaired) electrons. The van der Waals surface area contributed by atoms with Crippen molar-refractivity contribution < 1.29 is 19.7 Å². The Morgan fingerprint density at radius 3 is 2.68 bits per heavy atom. The van der Waals surface area contributed by atoms with E-state index in [1.54, 1.807) is 19.1 Å². The van der Waals surface area contributed by atoms with Crippen molar-refractivity contribution in [1.82, 2.24) is 14.7 Å². The average molecular weight is 517 g/mol. The van der Waals surface area contributed by atoms with Crippen molar-refractivity contribution in [2.45, 2.75) is 64.2 Å². The molecule has 3 aromatic rings. The number of hydrogen-bond donors (Lipinski definition) is 3. The number of imidazole rings is 1. The molecule has 2 unspecified atom stereocenters. The molecule has 0 aliphatic rings. The first-order valence-electron chi connectivity index (χ1n) is 12.8. The molecular weight excluding hydrogens is 480 g/mol. The Balaban J connectivity index is 1.64. The van der Waals surface area contributed by atoms with E-state index < -0.39 is 6.10 Å². The van der Waals surface area contributed by atoms with Crippen molar-refractivity contribution in [3.05, 3.63) is 89.9 Å². The van der Waals surface area contributed by atoms with Gasteiger partial charge in [-0.05, 0) is 64.3 Å². The number of carbonyl (C=O) groups excluding carboxylic acids is 1. The topological polar surface area (TPSA) is 120 Å². The van der Waals surface area contributed by atoms with Gasteiger partial charge in [0.1, 0.15) is 17.5 Å². The molecule has 1 aromatic carbocycles. The third kappa shape index (κ3) is 7.31. The van der Waals surface area contributed by atoms with E-state index in [-0.39, 0.29) is 30.6 Å². The summed E-state index contributed by atoms with van der Waals surface area (Å²) in [6, 6.07) is 10.3. The Kier molecular flexibility index (Phi) is 10.2. The van der Waals surface area contributed by atoms with Crippen LogP contribution in [0.25, 0.3) is 5.65 Å². The smallest absolute Gasteiger partial charge is 0.251 e. The lowest BCUT2D eigenvalue weighted by atomic mass is 10.0. The summed E-state index contributed by atoms with van der Waals surface area (Å²) in [7, 11) is 0. The third-order valence-corrected chi connectivity index (χ3v) is 6.16. The summed E-state index contributed by atoms with van der Waals surface area (Å²) in [5.41, 5.74) is 3.01. The summed E-state index contributed by atoms with van der Waals surface area (Å²) < 4.78 is 7.54. The van der Waals surface area contributed by atoms with Crippen LogP contribution in [0.3, 0.4) is 0 Å². The van der Waals surface area contributed by atoms with E-state index >= 15 is 0 Å². The number of aliphatic hydroxyl groups is 2. The number of benzene rings is 1. The van der Waals surface area contributed by atoms with Crippen molar-refractivity contribution in [2.24, 2.45) is 0 Å². The molecule has 2 heterocycles. The molecule has 0 fully saturated rings. The lowest BCUT2D eigenvalue weighted by molar-refractivity contribution is 0.0930. The Morgan fingerprint density at radius 2 is 2.03 bits per heavy atom. The van der Waals surface area contributed by atoms with E-state index in [0.29, 0.717) is 36.1 Å². The number of fused-ring (bicyclic) bond motifs is 1. The van der Waals surface area contributed by atoms with Gasteiger partial charge in [0.2, 0.25) is 0 Å². The van der Waals surface area contributed by atoms with E-state index in [1.165, 1.54) is 6.07 Å². The van der Waals surface area contributed by atoms with Gasteiger partial charge in [0.25, 0.3) is 5.91 Å². The number of pyridine rings is 1. The van der Waals surface area contributed by atoms with Gasteiger partial charge in [-0.25, -0.2) is 4.98 Å². The number of nitriles is 1. The summed E-state index contributed by atoms with van der Waals surface area (Å²) in [5.74, 6) is 0.111. The molecule has 1 amide bonds. The highest BCUT2D eigenvalue weighted by Crippen LogP contribution is 2.25. The van der Waals surface area contributed by atoms with Crippen LogP contribution in [-0.4, -0.2) is 44.3 Å². The van der Waals surface area contributed by atoms with Gasteiger partial charge in [0, 0.05) is 42.1 Å². The first kappa shape index (κ1) is 28.6. The largest absolute Gasteiger partial charge is 0.490 e. The minimum Gasteiger partial charge on any atom is -0.490 e. The third-order valence-electron chi connectivity index (χ3n) is 6.16. The number of rotatable bonds is 13. The van der Waals surface area contributed by atoms with Crippen LogP contribution in [0, 0.1) is 11.3 Å². The lowest BCUT2D eigenvalue weighted by Gasteiger charge is -2.17. The summed E-state index contributed by atoms with van der Waals surface area (Å²) in [6.07, 6.45) is 10.6. The Morgan fingerprint density at radius 1 is 1.26 bits per heavy atom. The van der Waals surface area contributed by atoms with Crippen LogP contribution < -0.4 is 10.1 Å². The molecule has 2 aromatic heterocycles. The second-order valence-corrected chi connectivity index (χ2v) is 9.49. The van der Waals surface area contributed by atoms with Crippen LogP contribution in [0.15, 0.2) is 67.5 Å². The molecule has 0 saturated carbocycles. The summed E-state index contributed by atoms with van der Waals surface area (Å²) in [5, 5.41) is 32.0. The molecule has 3 atom stereocenters. The van der Waals surface area contributed by atoms with Crippen molar-refractivity contribution >= 4 is 11.6 Å². The average Bonchev–Trinajstić information content (AvgIpc) is 3.32. The van der Waals surface area contributed by atoms with E-state index in [9.17, 15) is 20.3 Å². The maximum absolute atomic E-state index is 12.9. The second kappa shape index (κ2) is 13.6.